The summed E-state index contributed by atoms with van der Waals surface area (Å²) in [5, 5.41) is -0.552. The molecule has 1 aliphatic heterocycles. The minimum Gasteiger partial charge on any atom is -0.493 e. The molecule has 0 radical (unpaired) electrons. The number of hydrogen-bond donors (Lipinski definition) is 0. The first kappa shape index (κ1) is 11.7. The van der Waals surface area contributed by atoms with E-state index >= 15 is 0 Å². The molecule has 92 valence electrons. The Morgan fingerprint density at radius 3 is 2.61 bits per heavy atom. The molecule has 3 nitrogen and oxygen atoms in total. The Hall–Kier alpha value is -1.39. The summed E-state index contributed by atoms with van der Waals surface area (Å²) in [6, 6.07) is 5.54. The highest BCUT2D eigenvalue weighted by Gasteiger charge is 2.16. The van der Waals surface area contributed by atoms with Crippen LogP contribution in [0.2, 0.25) is 10.3 Å². The molecule has 0 saturated heterocycles. The Labute approximate surface area is 113 Å². The van der Waals surface area contributed by atoms with Gasteiger partial charge in [0.25, 0.3) is 0 Å². The molecule has 1 aromatic carbocycles. The van der Waals surface area contributed by atoms with E-state index in [0.29, 0.717) is 12.4 Å². The summed E-state index contributed by atoms with van der Waals surface area (Å²) < 4.78 is 18.6. The molecule has 0 atom stereocenters. The van der Waals surface area contributed by atoms with E-state index in [1.165, 1.54) is 0 Å². The predicted octanol–water partition coefficient (Wildman–Crippen LogP) is 3.52. The van der Waals surface area contributed by atoms with Gasteiger partial charge in [-0.2, -0.15) is 0 Å². The van der Waals surface area contributed by atoms with Crippen LogP contribution in [-0.4, -0.2) is 16.6 Å². The van der Waals surface area contributed by atoms with Crippen LogP contribution < -0.4 is 4.74 Å². The highest BCUT2D eigenvalue weighted by atomic mass is 35.5. The summed E-state index contributed by atoms with van der Waals surface area (Å²) >= 11 is 11.3. The van der Waals surface area contributed by atoms with Crippen LogP contribution in [0.4, 0.5) is 4.39 Å². The molecule has 0 saturated carbocycles. The minimum atomic E-state index is -0.799. The molecular formula is C12H7Cl2FN2O. The molecule has 1 aliphatic rings. The molecule has 0 fully saturated rings. The quantitative estimate of drug-likeness (QED) is 0.752. The van der Waals surface area contributed by atoms with Gasteiger partial charge in [-0.15, -0.1) is 0 Å². The van der Waals surface area contributed by atoms with E-state index in [4.69, 9.17) is 27.9 Å². The van der Waals surface area contributed by atoms with Gasteiger partial charge in [0.1, 0.15) is 5.75 Å². The van der Waals surface area contributed by atoms with Gasteiger partial charge in [-0.3, -0.25) is 0 Å². The molecule has 0 amide bonds. The van der Waals surface area contributed by atoms with Crippen LogP contribution in [0.3, 0.4) is 0 Å². The van der Waals surface area contributed by atoms with Crippen molar-refractivity contribution in [3.05, 3.63) is 39.9 Å². The lowest BCUT2D eigenvalue weighted by molar-refractivity contribution is 0.357. The third kappa shape index (κ3) is 1.91. The van der Waals surface area contributed by atoms with Crippen LogP contribution in [-0.2, 0) is 6.42 Å². The standard InChI is InChI=1S/C12H7Cl2FN2O/c13-10-9(15)11(14)17-12(16-10)7-1-2-8-6(5-7)3-4-18-8/h1-2,5H,3-4H2. The zero-order valence-electron chi connectivity index (χ0n) is 9.08. The number of fused-ring (bicyclic) bond motifs is 1. The fraction of sp³-hybridized carbons (Fsp3) is 0.167. The van der Waals surface area contributed by atoms with Crippen molar-refractivity contribution in [1.29, 1.82) is 0 Å². The van der Waals surface area contributed by atoms with Crippen molar-refractivity contribution >= 4 is 23.2 Å². The average Bonchev–Trinajstić information content (AvgIpc) is 2.82. The van der Waals surface area contributed by atoms with Gasteiger partial charge in [-0.25, -0.2) is 14.4 Å². The molecule has 0 spiro atoms. The maximum Gasteiger partial charge on any atom is 0.197 e. The maximum absolute atomic E-state index is 13.2. The SMILES string of the molecule is Fc1c(Cl)nc(-c2ccc3c(c2)CCO3)nc1Cl. The normalized spacial score (nSPS) is 13.3. The average molecular weight is 285 g/mol. The molecular weight excluding hydrogens is 278 g/mol. The Balaban J connectivity index is 2.10. The summed E-state index contributed by atoms with van der Waals surface area (Å²) in [4.78, 5) is 7.77. The van der Waals surface area contributed by atoms with Gasteiger partial charge < -0.3 is 4.74 Å². The third-order valence-electron chi connectivity index (χ3n) is 2.72. The molecule has 2 aromatic rings. The zero-order valence-corrected chi connectivity index (χ0v) is 10.6. The van der Waals surface area contributed by atoms with Gasteiger partial charge in [-0.05, 0) is 23.8 Å². The van der Waals surface area contributed by atoms with E-state index in [0.717, 1.165) is 23.3 Å². The highest BCUT2D eigenvalue weighted by molar-refractivity contribution is 6.33. The van der Waals surface area contributed by atoms with Gasteiger partial charge in [-0.1, -0.05) is 23.2 Å². The largest absolute Gasteiger partial charge is 0.493 e. The van der Waals surface area contributed by atoms with Crippen molar-refractivity contribution in [2.75, 3.05) is 6.61 Å². The minimum absolute atomic E-state index is 0.276. The van der Waals surface area contributed by atoms with Crippen molar-refractivity contribution in [1.82, 2.24) is 9.97 Å². The van der Waals surface area contributed by atoms with Crippen molar-refractivity contribution in [2.24, 2.45) is 0 Å². The van der Waals surface area contributed by atoms with Gasteiger partial charge in [0.15, 0.2) is 21.9 Å². The predicted molar refractivity (Wildman–Crippen MR) is 66.6 cm³/mol. The molecule has 0 aliphatic carbocycles. The maximum atomic E-state index is 13.2. The molecule has 0 unspecified atom stereocenters. The first-order valence-corrected chi connectivity index (χ1v) is 6.05. The number of hydrogen-bond acceptors (Lipinski definition) is 3. The van der Waals surface area contributed by atoms with Crippen LogP contribution in [0.1, 0.15) is 5.56 Å². The Morgan fingerprint density at radius 1 is 1.17 bits per heavy atom. The van der Waals surface area contributed by atoms with E-state index < -0.39 is 5.82 Å². The fourth-order valence-electron chi connectivity index (χ4n) is 1.85. The van der Waals surface area contributed by atoms with Crippen molar-refractivity contribution < 1.29 is 9.13 Å². The number of ether oxygens (including phenoxy) is 1. The molecule has 1 aromatic heterocycles. The number of aromatic nitrogens is 2. The molecule has 2 heterocycles. The summed E-state index contributed by atoms with van der Waals surface area (Å²) in [6.07, 6.45) is 0.839. The lowest BCUT2D eigenvalue weighted by Gasteiger charge is -2.05. The van der Waals surface area contributed by atoms with E-state index in [1.807, 2.05) is 12.1 Å². The lowest BCUT2D eigenvalue weighted by Crippen LogP contribution is -1.95. The molecule has 0 bridgehead atoms. The summed E-state index contributed by atoms with van der Waals surface area (Å²) in [5.41, 5.74) is 1.82. The Bertz CT molecular complexity index is 610. The zero-order chi connectivity index (χ0) is 12.7. The van der Waals surface area contributed by atoms with Gasteiger partial charge in [0.05, 0.1) is 6.61 Å². The van der Waals surface area contributed by atoms with Crippen molar-refractivity contribution in [3.63, 3.8) is 0 Å². The number of benzene rings is 1. The lowest BCUT2D eigenvalue weighted by atomic mass is 10.1. The first-order chi connectivity index (χ1) is 8.65. The summed E-state index contributed by atoms with van der Waals surface area (Å²) in [6.45, 7) is 0.671. The van der Waals surface area contributed by atoms with E-state index in [-0.39, 0.29) is 10.3 Å². The van der Waals surface area contributed by atoms with Gasteiger partial charge in [0.2, 0.25) is 0 Å². The van der Waals surface area contributed by atoms with Crippen LogP contribution in [0.25, 0.3) is 11.4 Å². The Kier molecular flexibility index (Phi) is 2.84. The van der Waals surface area contributed by atoms with Crippen LogP contribution in [0, 0.1) is 5.82 Å². The van der Waals surface area contributed by atoms with Crippen LogP contribution in [0.5, 0.6) is 5.75 Å². The highest BCUT2D eigenvalue weighted by Crippen LogP contribution is 2.30. The van der Waals surface area contributed by atoms with E-state index in [1.54, 1.807) is 6.07 Å². The molecule has 18 heavy (non-hydrogen) atoms. The summed E-state index contributed by atoms with van der Waals surface area (Å²) in [5.74, 6) is 0.366. The smallest absolute Gasteiger partial charge is 0.197 e. The van der Waals surface area contributed by atoms with Crippen molar-refractivity contribution in [3.8, 4) is 17.1 Å². The topological polar surface area (TPSA) is 35.0 Å². The van der Waals surface area contributed by atoms with Crippen LogP contribution in [0.15, 0.2) is 18.2 Å². The Morgan fingerprint density at radius 2 is 1.89 bits per heavy atom. The van der Waals surface area contributed by atoms with E-state index in [9.17, 15) is 4.39 Å². The molecule has 3 rings (SSSR count). The van der Waals surface area contributed by atoms with Crippen molar-refractivity contribution in [2.45, 2.75) is 6.42 Å². The number of nitrogens with zero attached hydrogens (tertiary/aromatic N) is 2. The second-order valence-electron chi connectivity index (χ2n) is 3.86. The third-order valence-corrected chi connectivity index (χ3v) is 3.22. The van der Waals surface area contributed by atoms with Gasteiger partial charge in [0, 0.05) is 12.0 Å². The second-order valence-corrected chi connectivity index (χ2v) is 4.58. The summed E-state index contributed by atoms with van der Waals surface area (Å²) in [7, 11) is 0. The van der Waals surface area contributed by atoms with Gasteiger partial charge >= 0.3 is 0 Å². The molecule has 6 heteroatoms. The number of halogens is 3. The first-order valence-electron chi connectivity index (χ1n) is 5.30. The number of rotatable bonds is 1. The second kappa shape index (κ2) is 4.37. The van der Waals surface area contributed by atoms with Crippen LogP contribution >= 0.6 is 23.2 Å². The van der Waals surface area contributed by atoms with E-state index in [2.05, 4.69) is 9.97 Å². The monoisotopic (exact) mass is 284 g/mol. The molecule has 0 N–H and O–H groups in total. The fourth-order valence-corrected chi connectivity index (χ4v) is 2.24.